The van der Waals surface area contributed by atoms with Crippen molar-refractivity contribution in [1.82, 2.24) is 0 Å². The molecule has 1 amide bonds. The predicted molar refractivity (Wildman–Crippen MR) is 105 cm³/mol. The molecule has 0 aromatic heterocycles. The van der Waals surface area contributed by atoms with Crippen LogP contribution in [-0.4, -0.2) is 24.3 Å². The summed E-state index contributed by atoms with van der Waals surface area (Å²) in [5.74, 6) is -1.03. The Labute approximate surface area is 159 Å². The Kier molecular flexibility index (Phi) is 6.50. The summed E-state index contributed by atoms with van der Waals surface area (Å²) in [4.78, 5) is 36.5. The number of ketones is 1. The average Bonchev–Trinajstić information content (AvgIpc) is 2.65. The fourth-order valence-electron chi connectivity index (χ4n) is 2.27. The molecular weight excluding hydrogens is 342 g/mol. The first-order valence-corrected chi connectivity index (χ1v) is 8.91. The van der Waals surface area contributed by atoms with Gasteiger partial charge in [0.15, 0.2) is 12.4 Å². The van der Waals surface area contributed by atoms with E-state index in [-0.39, 0.29) is 23.9 Å². The minimum atomic E-state index is -0.611. The first-order valence-electron chi connectivity index (χ1n) is 8.91. The van der Waals surface area contributed by atoms with Gasteiger partial charge in [0.1, 0.15) is 0 Å². The molecule has 2 aromatic carbocycles. The van der Waals surface area contributed by atoms with E-state index in [1.807, 2.05) is 19.1 Å². The van der Waals surface area contributed by atoms with E-state index in [4.69, 9.17) is 4.74 Å². The largest absolute Gasteiger partial charge is 0.454 e. The summed E-state index contributed by atoms with van der Waals surface area (Å²) in [5, 5.41) is 2.76. The summed E-state index contributed by atoms with van der Waals surface area (Å²) in [6.45, 7) is 7.12. The lowest BCUT2D eigenvalue weighted by atomic mass is 9.95. The normalized spacial score (nSPS) is 11.0. The van der Waals surface area contributed by atoms with Gasteiger partial charge in [0, 0.05) is 16.7 Å². The fourth-order valence-corrected chi connectivity index (χ4v) is 2.27. The lowest BCUT2D eigenvalue weighted by Crippen LogP contribution is -2.27. The molecule has 0 atom stereocenters. The molecule has 5 heteroatoms. The number of rotatable bonds is 6. The average molecular weight is 367 g/mol. The van der Waals surface area contributed by atoms with Crippen LogP contribution < -0.4 is 5.32 Å². The van der Waals surface area contributed by atoms with E-state index < -0.39 is 11.4 Å². The van der Waals surface area contributed by atoms with Crippen LogP contribution in [0.25, 0.3) is 0 Å². The molecule has 0 radical (unpaired) electrons. The zero-order valence-electron chi connectivity index (χ0n) is 16.2. The standard InChI is InChI=1S/C22H25NO4/c1-5-15-9-11-16(12-10-15)19(24)14-27-20(25)17-7-6-8-18(13-17)23-21(26)22(2,3)4/h6-13H,5,14H2,1-4H3,(H,23,26). The van der Waals surface area contributed by atoms with Gasteiger partial charge < -0.3 is 10.1 Å². The van der Waals surface area contributed by atoms with Crippen molar-refractivity contribution < 1.29 is 19.1 Å². The molecule has 2 rings (SSSR count). The fraction of sp³-hybridized carbons (Fsp3) is 0.318. The number of aryl methyl sites for hydroxylation is 1. The molecule has 2 aromatic rings. The summed E-state index contributed by atoms with van der Waals surface area (Å²) >= 11 is 0. The molecule has 0 heterocycles. The van der Waals surface area contributed by atoms with Crippen molar-refractivity contribution >= 4 is 23.3 Å². The van der Waals surface area contributed by atoms with E-state index >= 15 is 0 Å². The van der Waals surface area contributed by atoms with Gasteiger partial charge >= 0.3 is 5.97 Å². The second-order valence-electron chi connectivity index (χ2n) is 7.33. The van der Waals surface area contributed by atoms with Crippen molar-refractivity contribution in [2.24, 2.45) is 5.41 Å². The number of carbonyl (C=O) groups is 3. The van der Waals surface area contributed by atoms with Gasteiger partial charge in [0.2, 0.25) is 5.91 Å². The maximum atomic E-state index is 12.2. The van der Waals surface area contributed by atoms with Gasteiger partial charge in [0.05, 0.1) is 5.56 Å². The van der Waals surface area contributed by atoms with Gasteiger partial charge in [0.25, 0.3) is 0 Å². The summed E-state index contributed by atoms with van der Waals surface area (Å²) < 4.78 is 5.13. The zero-order chi connectivity index (χ0) is 20.0. The number of anilines is 1. The van der Waals surface area contributed by atoms with Crippen LogP contribution in [-0.2, 0) is 16.0 Å². The minimum absolute atomic E-state index is 0.154. The minimum Gasteiger partial charge on any atom is -0.454 e. The van der Waals surface area contributed by atoms with Crippen LogP contribution in [0.15, 0.2) is 48.5 Å². The topological polar surface area (TPSA) is 72.5 Å². The van der Waals surface area contributed by atoms with Gasteiger partial charge in [-0.15, -0.1) is 0 Å². The van der Waals surface area contributed by atoms with E-state index in [0.29, 0.717) is 11.3 Å². The van der Waals surface area contributed by atoms with Crippen LogP contribution in [0.3, 0.4) is 0 Å². The molecule has 1 N–H and O–H groups in total. The van der Waals surface area contributed by atoms with Crippen molar-refractivity contribution in [2.45, 2.75) is 34.1 Å². The molecule has 27 heavy (non-hydrogen) atoms. The van der Waals surface area contributed by atoms with Crippen molar-refractivity contribution in [3.8, 4) is 0 Å². The molecule has 0 saturated heterocycles. The van der Waals surface area contributed by atoms with E-state index in [9.17, 15) is 14.4 Å². The van der Waals surface area contributed by atoms with E-state index in [2.05, 4.69) is 5.32 Å². The van der Waals surface area contributed by atoms with Crippen LogP contribution in [0, 0.1) is 5.41 Å². The van der Waals surface area contributed by atoms with Crippen LogP contribution >= 0.6 is 0 Å². The highest BCUT2D eigenvalue weighted by atomic mass is 16.5. The van der Waals surface area contributed by atoms with Crippen LogP contribution in [0.5, 0.6) is 0 Å². The molecule has 0 unspecified atom stereocenters. The quantitative estimate of drug-likeness (QED) is 0.611. The number of esters is 1. The number of ether oxygens (including phenoxy) is 1. The van der Waals surface area contributed by atoms with Gasteiger partial charge in [-0.1, -0.05) is 58.0 Å². The molecule has 0 aliphatic heterocycles. The highest BCUT2D eigenvalue weighted by Gasteiger charge is 2.21. The summed E-state index contributed by atoms with van der Waals surface area (Å²) in [7, 11) is 0. The van der Waals surface area contributed by atoms with E-state index in [0.717, 1.165) is 12.0 Å². The molecule has 5 nitrogen and oxygen atoms in total. The Bertz CT molecular complexity index is 832. The van der Waals surface area contributed by atoms with Crippen LogP contribution in [0.4, 0.5) is 5.69 Å². The highest BCUT2D eigenvalue weighted by molar-refractivity contribution is 6.00. The van der Waals surface area contributed by atoms with Crippen molar-refractivity contribution in [1.29, 1.82) is 0 Å². The third-order valence-electron chi connectivity index (χ3n) is 4.06. The predicted octanol–water partition coefficient (Wildman–Crippen LogP) is 4.27. The second-order valence-corrected chi connectivity index (χ2v) is 7.33. The van der Waals surface area contributed by atoms with Crippen LogP contribution in [0.1, 0.15) is 54.0 Å². The molecular formula is C22H25NO4. The number of benzene rings is 2. The maximum Gasteiger partial charge on any atom is 0.338 e. The van der Waals surface area contributed by atoms with Crippen molar-refractivity contribution in [2.75, 3.05) is 11.9 Å². The Morgan fingerprint density at radius 2 is 1.63 bits per heavy atom. The zero-order valence-corrected chi connectivity index (χ0v) is 16.2. The van der Waals surface area contributed by atoms with Gasteiger partial charge in [-0.3, -0.25) is 9.59 Å². The lowest BCUT2D eigenvalue weighted by molar-refractivity contribution is -0.123. The number of hydrogen-bond acceptors (Lipinski definition) is 4. The second kappa shape index (κ2) is 8.62. The first-order chi connectivity index (χ1) is 12.7. The smallest absolute Gasteiger partial charge is 0.338 e. The third-order valence-corrected chi connectivity index (χ3v) is 4.06. The Hall–Kier alpha value is -2.95. The monoisotopic (exact) mass is 367 g/mol. The number of Topliss-reactive ketones (excluding diaryl/α,β-unsaturated/α-hetero) is 1. The molecule has 0 bridgehead atoms. The molecule has 0 aliphatic rings. The van der Waals surface area contributed by atoms with Crippen LogP contribution in [0.2, 0.25) is 0 Å². The van der Waals surface area contributed by atoms with Gasteiger partial charge in [-0.05, 0) is 30.2 Å². The Morgan fingerprint density at radius 3 is 2.22 bits per heavy atom. The Balaban J connectivity index is 1.98. The number of carbonyl (C=O) groups excluding carboxylic acids is 3. The van der Waals surface area contributed by atoms with Gasteiger partial charge in [-0.2, -0.15) is 0 Å². The van der Waals surface area contributed by atoms with Crippen molar-refractivity contribution in [3.63, 3.8) is 0 Å². The first kappa shape index (κ1) is 20.4. The number of nitrogens with one attached hydrogen (secondary N) is 1. The molecule has 0 aliphatic carbocycles. The molecule has 0 spiro atoms. The number of amides is 1. The SMILES string of the molecule is CCc1ccc(C(=O)COC(=O)c2cccc(NC(=O)C(C)(C)C)c2)cc1. The lowest BCUT2D eigenvalue weighted by Gasteiger charge is -2.17. The summed E-state index contributed by atoms with van der Waals surface area (Å²) in [6, 6.07) is 13.7. The molecule has 0 saturated carbocycles. The summed E-state index contributed by atoms with van der Waals surface area (Å²) in [5.41, 5.74) is 1.88. The molecule has 0 fully saturated rings. The molecule has 142 valence electrons. The Morgan fingerprint density at radius 1 is 0.963 bits per heavy atom. The van der Waals surface area contributed by atoms with E-state index in [1.165, 1.54) is 6.07 Å². The van der Waals surface area contributed by atoms with E-state index in [1.54, 1.807) is 51.1 Å². The highest BCUT2D eigenvalue weighted by Crippen LogP contribution is 2.18. The van der Waals surface area contributed by atoms with Crippen molar-refractivity contribution in [3.05, 3.63) is 65.2 Å². The summed E-state index contributed by atoms with van der Waals surface area (Å²) in [6.07, 6.45) is 0.894. The maximum absolute atomic E-state index is 12.2. The third kappa shape index (κ3) is 5.78. The number of hydrogen-bond donors (Lipinski definition) is 1. The van der Waals surface area contributed by atoms with Gasteiger partial charge in [-0.25, -0.2) is 4.79 Å².